The molecule has 2 heterocycles. The summed E-state index contributed by atoms with van der Waals surface area (Å²) in [5.74, 6) is -0.861. The summed E-state index contributed by atoms with van der Waals surface area (Å²) in [5.41, 5.74) is 4.43. The number of rotatable bonds is 10. The first-order chi connectivity index (χ1) is 18.9. The third kappa shape index (κ3) is 6.05. The molecule has 206 valence electrons. The summed E-state index contributed by atoms with van der Waals surface area (Å²) in [6, 6.07) is 13.1. The molecule has 2 aromatic carbocycles. The van der Waals surface area contributed by atoms with Gasteiger partial charge in [-0.1, -0.05) is 57.0 Å². The molecule has 0 radical (unpaired) electrons. The number of unbranched alkanes of at least 4 members (excludes halogenated alkanes) is 2. The topological polar surface area (TPSA) is 84.7 Å². The molecule has 39 heavy (non-hydrogen) atoms. The fourth-order valence-electron chi connectivity index (χ4n) is 5.08. The molecule has 3 aromatic rings. The van der Waals surface area contributed by atoms with Crippen molar-refractivity contribution in [3.05, 3.63) is 76.7 Å². The highest BCUT2D eigenvalue weighted by atomic mass is 16.5. The number of hydrogen-bond donors (Lipinski definition) is 0. The normalized spacial score (nSPS) is 12.7. The highest BCUT2D eigenvalue weighted by Gasteiger charge is 2.29. The number of ether oxygens (including phenoxy) is 1. The monoisotopic (exact) mass is 530 g/mol. The number of imidazole rings is 1. The molecule has 0 atom stereocenters. The van der Waals surface area contributed by atoms with Crippen molar-refractivity contribution in [1.82, 2.24) is 19.4 Å². The fourth-order valence-corrected chi connectivity index (χ4v) is 5.08. The van der Waals surface area contributed by atoms with Crippen molar-refractivity contribution in [2.75, 3.05) is 26.7 Å². The second-order valence-electron chi connectivity index (χ2n) is 10.0. The van der Waals surface area contributed by atoms with Gasteiger partial charge in [-0.2, -0.15) is 0 Å². The van der Waals surface area contributed by atoms with Crippen LogP contribution in [0.15, 0.2) is 48.8 Å². The van der Waals surface area contributed by atoms with Crippen molar-refractivity contribution in [3.63, 3.8) is 0 Å². The first kappa shape index (κ1) is 28.1. The van der Waals surface area contributed by atoms with Crippen LogP contribution in [0.2, 0.25) is 0 Å². The predicted molar refractivity (Wildman–Crippen MR) is 151 cm³/mol. The molecule has 8 nitrogen and oxygen atoms in total. The molecule has 0 saturated heterocycles. The standard InChI is InChI=1S/C31H38N4O4/c1-5-7-16-34(17-8-6-2)30(37)27-28(33(3)21-32-27)25-14-13-23(31(38)39-4)19-26(25)29(36)35-18-15-22-11-9-10-12-24(22)20-35/h9-14,19,21H,5-8,15-18,20H2,1-4H3. The van der Waals surface area contributed by atoms with Crippen molar-refractivity contribution >= 4 is 17.8 Å². The van der Waals surface area contributed by atoms with E-state index in [0.29, 0.717) is 48.7 Å². The van der Waals surface area contributed by atoms with Crippen LogP contribution in [0.4, 0.5) is 0 Å². The maximum absolute atomic E-state index is 14.0. The summed E-state index contributed by atoms with van der Waals surface area (Å²) < 4.78 is 6.72. The lowest BCUT2D eigenvalue weighted by atomic mass is 9.96. The van der Waals surface area contributed by atoms with Crippen LogP contribution in [0, 0.1) is 0 Å². The van der Waals surface area contributed by atoms with Crippen LogP contribution in [0.25, 0.3) is 11.3 Å². The number of hydrogen-bond acceptors (Lipinski definition) is 5. The van der Waals surface area contributed by atoms with Gasteiger partial charge in [-0.15, -0.1) is 0 Å². The van der Waals surface area contributed by atoms with Gasteiger partial charge in [0.25, 0.3) is 11.8 Å². The van der Waals surface area contributed by atoms with Crippen LogP contribution in [-0.2, 0) is 24.8 Å². The van der Waals surface area contributed by atoms with E-state index in [9.17, 15) is 14.4 Å². The van der Waals surface area contributed by atoms with Gasteiger partial charge in [-0.25, -0.2) is 9.78 Å². The molecule has 0 fully saturated rings. The number of methoxy groups -OCH3 is 1. The Kier molecular flexibility index (Phi) is 9.17. The zero-order valence-electron chi connectivity index (χ0n) is 23.4. The Labute approximate surface area is 230 Å². The molecular weight excluding hydrogens is 492 g/mol. The van der Waals surface area contributed by atoms with Gasteiger partial charge in [-0.3, -0.25) is 9.59 Å². The lowest BCUT2D eigenvalue weighted by molar-refractivity contribution is 0.0600. The van der Waals surface area contributed by atoms with Gasteiger partial charge in [-0.05, 0) is 42.5 Å². The zero-order valence-corrected chi connectivity index (χ0v) is 23.4. The van der Waals surface area contributed by atoms with E-state index in [-0.39, 0.29) is 17.4 Å². The molecule has 0 spiro atoms. The molecule has 0 N–H and O–H groups in total. The molecule has 1 aromatic heterocycles. The number of fused-ring (bicyclic) bond motifs is 1. The summed E-state index contributed by atoms with van der Waals surface area (Å²) in [6.07, 6.45) is 6.15. The number of amides is 2. The lowest BCUT2D eigenvalue weighted by Gasteiger charge is -2.30. The van der Waals surface area contributed by atoms with Crippen molar-refractivity contribution in [2.45, 2.75) is 52.5 Å². The van der Waals surface area contributed by atoms with Crippen molar-refractivity contribution < 1.29 is 19.1 Å². The van der Waals surface area contributed by atoms with Crippen LogP contribution in [0.1, 0.15) is 81.9 Å². The van der Waals surface area contributed by atoms with E-state index in [1.807, 2.05) is 30.1 Å². The Morgan fingerprint density at radius 3 is 2.36 bits per heavy atom. The summed E-state index contributed by atoms with van der Waals surface area (Å²) in [7, 11) is 3.14. The third-order valence-corrected chi connectivity index (χ3v) is 7.33. The summed E-state index contributed by atoms with van der Waals surface area (Å²) >= 11 is 0. The van der Waals surface area contributed by atoms with Crippen LogP contribution in [-0.4, -0.2) is 63.9 Å². The molecule has 0 bridgehead atoms. The van der Waals surface area contributed by atoms with Crippen LogP contribution in [0.3, 0.4) is 0 Å². The Balaban J connectivity index is 1.77. The minimum atomic E-state index is -0.522. The van der Waals surface area contributed by atoms with E-state index >= 15 is 0 Å². The Morgan fingerprint density at radius 2 is 1.69 bits per heavy atom. The Morgan fingerprint density at radius 1 is 1.00 bits per heavy atom. The molecule has 0 saturated carbocycles. The van der Waals surface area contributed by atoms with Crippen molar-refractivity contribution in [2.24, 2.45) is 7.05 Å². The van der Waals surface area contributed by atoms with Gasteiger partial charge >= 0.3 is 5.97 Å². The van der Waals surface area contributed by atoms with E-state index in [1.54, 1.807) is 34.0 Å². The fraction of sp³-hybridized carbons (Fsp3) is 0.419. The van der Waals surface area contributed by atoms with Gasteiger partial charge < -0.3 is 19.1 Å². The van der Waals surface area contributed by atoms with Crippen molar-refractivity contribution in [1.29, 1.82) is 0 Å². The second-order valence-corrected chi connectivity index (χ2v) is 10.0. The van der Waals surface area contributed by atoms with Crippen LogP contribution >= 0.6 is 0 Å². The van der Waals surface area contributed by atoms with E-state index < -0.39 is 5.97 Å². The number of nitrogens with zero attached hydrogens (tertiary/aromatic N) is 4. The molecule has 8 heteroatoms. The Bertz CT molecular complexity index is 1340. The van der Waals surface area contributed by atoms with Gasteiger partial charge in [0.15, 0.2) is 5.69 Å². The zero-order chi connectivity index (χ0) is 27.9. The summed E-state index contributed by atoms with van der Waals surface area (Å²) in [4.78, 5) is 48.4. The summed E-state index contributed by atoms with van der Waals surface area (Å²) in [6.45, 7) is 6.58. The third-order valence-electron chi connectivity index (χ3n) is 7.33. The van der Waals surface area contributed by atoms with Crippen LogP contribution < -0.4 is 0 Å². The smallest absolute Gasteiger partial charge is 0.337 e. The molecule has 1 aliphatic rings. The number of benzene rings is 2. The number of esters is 1. The van der Waals surface area contributed by atoms with Gasteiger partial charge in [0.05, 0.1) is 24.7 Å². The average Bonchev–Trinajstić information content (AvgIpc) is 3.36. The predicted octanol–water partition coefficient (Wildman–Crippen LogP) is 5.11. The second kappa shape index (κ2) is 12.7. The maximum Gasteiger partial charge on any atom is 0.337 e. The molecule has 0 unspecified atom stereocenters. The first-order valence-corrected chi connectivity index (χ1v) is 13.8. The number of aryl methyl sites for hydroxylation is 1. The maximum atomic E-state index is 14.0. The van der Waals surface area contributed by atoms with Gasteiger partial charge in [0, 0.05) is 44.4 Å². The molecular formula is C31H38N4O4. The highest BCUT2D eigenvalue weighted by Crippen LogP contribution is 2.31. The van der Waals surface area contributed by atoms with E-state index in [4.69, 9.17) is 4.74 Å². The Hall–Kier alpha value is -3.94. The molecule has 2 amide bonds. The quantitative estimate of drug-likeness (QED) is 0.340. The highest BCUT2D eigenvalue weighted by molar-refractivity contribution is 6.06. The van der Waals surface area contributed by atoms with E-state index in [2.05, 4.69) is 24.9 Å². The molecule has 4 rings (SSSR count). The van der Waals surface area contributed by atoms with Gasteiger partial charge in [0.1, 0.15) is 0 Å². The lowest BCUT2D eigenvalue weighted by Crippen LogP contribution is -2.36. The average molecular weight is 531 g/mol. The van der Waals surface area contributed by atoms with E-state index in [1.165, 1.54) is 12.7 Å². The molecule has 1 aliphatic heterocycles. The minimum absolute atomic E-state index is 0.144. The SMILES string of the molecule is CCCCN(CCCC)C(=O)c1ncn(C)c1-c1ccc(C(=O)OC)cc1C(=O)N1CCc2ccccc2C1. The number of carbonyl (C=O) groups is 3. The summed E-state index contributed by atoms with van der Waals surface area (Å²) in [5, 5.41) is 0. The minimum Gasteiger partial charge on any atom is -0.465 e. The first-order valence-electron chi connectivity index (χ1n) is 13.8. The van der Waals surface area contributed by atoms with Crippen molar-refractivity contribution in [3.8, 4) is 11.3 Å². The number of aromatic nitrogens is 2. The van der Waals surface area contributed by atoms with Crippen LogP contribution in [0.5, 0.6) is 0 Å². The molecule has 0 aliphatic carbocycles. The van der Waals surface area contributed by atoms with Gasteiger partial charge in [0.2, 0.25) is 0 Å². The largest absolute Gasteiger partial charge is 0.465 e. The van der Waals surface area contributed by atoms with E-state index in [0.717, 1.165) is 37.7 Å². The number of carbonyl (C=O) groups excluding carboxylic acids is 3.